The molecule has 1 fully saturated rings. The van der Waals surface area contributed by atoms with Crippen LogP contribution in [0.3, 0.4) is 0 Å². The molecule has 7 nitrogen and oxygen atoms in total. The Bertz CT molecular complexity index is 1370. The Kier molecular flexibility index (Phi) is 7.21. The number of benzene rings is 2. The van der Waals surface area contributed by atoms with Gasteiger partial charge in [-0.1, -0.05) is 0 Å². The van der Waals surface area contributed by atoms with Crippen LogP contribution in [0.4, 0.5) is 20.2 Å². The average molecular weight is 724 g/mol. The molecule has 0 radical (unpaired) electrons. The zero-order valence-corrected chi connectivity index (χ0v) is 26.4. The van der Waals surface area contributed by atoms with Crippen LogP contribution in [0.2, 0.25) is 5.02 Å². The summed E-state index contributed by atoms with van der Waals surface area (Å²) in [6, 6.07) is 5.19. The van der Waals surface area contributed by atoms with Crippen LogP contribution in [0.5, 0.6) is 5.75 Å². The molecule has 36 heavy (non-hydrogen) atoms. The van der Waals surface area contributed by atoms with Crippen LogP contribution >= 0.6 is 11.6 Å². The number of halogens is 3. The molecule has 187 valence electrons. The first-order valence-corrected chi connectivity index (χ1v) is 16.4. The standard InChI is InChI=1S/C24H23ClF2N3O4S.Hg/c25-14-7-8-21-22(9-14)35(33,13-34-21)30-19-11-17(27)16(26)10-18(19)29-24(32)20(30)12-23(31)28-15-5-3-1-2-4-6-15;/h7-11,15,20H,1-6,12H2,(H,28,31)(H,29,32);. The minimum absolute atomic E-state index is 0.00509. The molecular formula is C24H23ClF2HgN3O4S. The maximum atomic E-state index is 14.8. The van der Waals surface area contributed by atoms with Crippen molar-refractivity contribution >= 4 is 47.1 Å². The summed E-state index contributed by atoms with van der Waals surface area (Å²) in [6.45, 7) is 0. The van der Waals surface area contributed by atoms with E-state index >= 15 is 0 Å². The van der Waals surface area contributed by atoms with Crippen LogP contribution < -0.4 is 19.7 Å². The van der Waals surface area contributed by atoms with Gasteiger partial charge in [0.05, 0.1) is 0 Å². The Balaban J connectivity index is 1.59. The molecule has 2 amide bonds. The molecule has 2 N–H and O–H groups in total. The van der Waals surface area contributed by atoms with Gasteiger partial charge in [0, 0.05) is 0 Å². The number of carbonyl (C=O) groups excluding carboxylic acids is 2. The van der Waals surface area contributed by atoms with Gasteiger partial charge < -0.3 is 0 Å². The molecule has 0 spiro atoms. The van der Waals surface area contributed by atoms with Crippen molar-refractivity contribution < 1.29 is 53.4 Å². The van der Waals surface area contributed by atoms with Gasteiger partial charge in [-0.05, 0) is 0 Å². The minimum atomic E-state index is -3.43. The number of rotatable bonds is 4. The summed E-state index contributed by atoms with van der Waals surface area (Å²) in [5.41, 5.74) is -0.0104. The van der Waals surface area contributed by atoms with Gasteiger partial charge in [-0.3, -0.25) is 0 Å². The molecule has 2 heterocycles. The third kappa shape index (κ3) is 4.60. The van der Waals surface area contributed by atoms with E-state index < -0.39 is 33.3 Å². The Morgan fingerprint density at radius 2 is 1.86 bits per heavy atom. The number of hydrogen-bond donors (Lipinski definition) is 2. The summed E-state index contributed by atoms with van der Waals surface area (Å²) >= 11 is 5.90. The van der Waals surface area contributed by atoms with Crippen molar-refractivity contribution in [1.29, 1.82) is 0 Å². The van der Waals surface area contributed by atoms with E-state index in [1.54, 1.807) is 12.1 Å². The van der Waals surface area contributed by atoms with Crippen molar-refractivity contribution in [3.05, 3.63) is 47.0 Å². The number of amides is 2. The van der Waals surface area contributed by atoms with Crippen molar-refractivity contribution in [3.63, 3.8) is 0 Å². The summed E-state index contributed by atoms with van der Waals surface area (Å²) in [5.74, 6) is -3.00. The number of ether oxygens (including phenoxy) is 1. The molecular weight excluding hydrogens is 700 g/mol. The zero-order valence-electron chi connectivity index (χ0n) is 19.3. The molecule has 5 rings (SSSR count). The van der Waals surface area contributed by atoms with Crippen LogP contribution in [0.1, 0.15) is 44.9 Å². The van der Waals surface area contributed by atoms with Gasteiger partial charge in [0.2, 0.25) is 0 Å². The molecule has 0 bridgehead atoms. The Morgan fingerprint density at radius 1 is 1.17 bits per heavy atom. The monoisotopic (exact) mass is 724 g/mol. The van der Waals surface area contributed by atoms with E-state index in [1.807, 2.05) is 0 Å². The van der Waals surface area contributed by atoms with Crippen molar-refractivity contribution in [2.45, 2.75) is 61.9 Å². The molecule has 2 aromatic rings. The van der Waals surface area contributed by atoms with Gasteiger partial charge in [0.15, 0.2) is 0 Å². The number of fused-ring (bicyclic) bond motifs is 2. The fraction of sp³-hybridized carbons (Fsp3) is 0.375. The number of hydrogen-bond acceptors (Lipinski definition) is 4. The van der Waals surface area contributed by atoms with Crippen LogP contribution in [-0.4, -0.2) is 30.7 Å². The second-order valence-corrected chi connectivity index (χ2v) is 16.4. The second kappa shape index (κ2) is 10.1. The Morgan fingerprint density at radius 3 is 2.58 bits per heavy atom. The predicted octanol–water partition coefficient (Wildman–Crippen LogP) is 4.26. The van der Waals surface area contributed by atoms with E-state index in [1.165, 1.54) is 10.4 Å². The van der Waals surface area contributed by atoms with Crippen molar-refractivity contribution in [1.82, 2.24) is 5.32 Å². The zero-order chi connectivity index (χ0) is 25.6. The van der Waals surface area contributed by atoms with Crippen LogP contribution in [0.25, 0.3) is 0 Å². The van der Waals surface area contributed by atoms with Crippen LogP contribution in [0, 0.1) is 11.6 Å². The molecule has 3 aliphatic rings. The predicted molar refractivity (Wildman–Crippen MR) is 129 cm³/mol. The number of nitrogens with one attached hydrogen (secondary N) is 2. The normalized spacial score (nSPS) is 23.9. The quantitative estimate of drug-likeness (QED) is 0.281. The fourth-order valence-electron chi connectivity index (χ4n) is 4.99. The summed E-state index contributed by atoms with van der Waals surface area (Å²) in [6.07, 6.45) is 5.68. The number of anilines is 2. The van der Waals surface area contributed by atoms with E-state index in [4.69, 9.17) is 16.3 Å². The summed E-state index contributed by atoms with van der Waals surface area (Å²) in [5, 5.41) is 5.89. The molecule has 1 saturated carbocycles. The fourth-order valence-corrected chi connectivity index (χ4v) is 11.8. The van der Waals surface area contributed by atoms with Gasteiger partial charge in [-0.2, -0.15) is 0 Å². The summed E-state index contributed by atoms with van der Waals surface area (Å²) in [4.78, 5) is 26.7. The Hall–Kier alpha value is -1.91. The molecule has 0 aromatic heterocycles. The van der Waals surface area contributed by atoms with E-state index in [0.29, 0.717) is 10.8 Å². The third-order valence-corrected chi connectivity index (χ3v) is 14.7. The first kappa shape index (κ1) is 25.7. The van der Waals surface area contributed by atoms with Gasteiger partial charge in [0.25, 0.3) is 0 Å². The van der Waals surface area contributed by atoms with E-state index in [2.05, 4.69) is 10.6 Å². The third-order valence-electron chi connectivity index (χ3n) is 6.73. The van der Waals surface area contributed by atoms with Gasteiger partial charge >= 0.3 is 230 Å². The summed E-state index contributed by atoms with van der Waals surface area (Å²) < 4.78 is 50.7. The van der Waals surface area contributed by atoms with Crippen molar-refractivity contribution in [2.75, 3.05) is 9.62 Å². The molecule has 2 unspecified atom stereocenters. The van der Waals surface area contributed by atoms with Gasteiger partial charge in [0.1, 0.15) is 0 Å². The number of carbonyl (C=O) groups is 2. The van der Waals surface area contributed by atoms with E-state index in [0.717, 1.165) is 50.7 Å². The molecule has 2 aromatic carbocycles. The first-order chi connectivity index (χ1) is 17.2. The second-order valence-electron chi connectivity index (χ2n) is 9.17. The molecule has 1 aliphatic carbocycles. The van der Waals surface area contributed by atoms with Crippen LogP contribution in [-0.2, 0) is 45.4 Å². The molecule has 0 saturated heterocycles. The van der Waals surface area contributed by atoms with E-state index in [-0.39, 0.29) is 63.3 Å². The number of nitrogens with zero attached hydrogens (tertiary/aromatic N) is 1. The Labute approximate surface area is 229 Å². The molecule has 2 atom stereocenters. The molecule has 2 aliphatic heterocycles. The summed E-state index contributed by atoms with van der Waals surface area (Å²) in [7, 11) is -3.43. The maximum absolute atomic E-state index is 14.8. The van der Waals surface area contributed by atoms with Gasteiger partial charge in [-0.15, -0.1) is 0 Å². The van der Waals surface area contributed by atoms with Crippen molar-refractivity contribution in [3.8, 4) is 5.75 Å². The topological polar surface area (TPSA) is 87.7 Å². The van der Waals surface area contributed by atoms with Crippen LogP contribution in [0.15, 0.2) is 35.2 Å². The first-order valence-electron chi connectivity index (χ1n) is 11.8. The van der Waals surface area contributed by atoms with Crippen molar-refractivity contribution in [2.24, 2.45) is 0 Å². The SMILES string of the molecule is O=C(CC1C(=O)Nc2cc(F)c(F)cc2N1S1(=O)=[C]([Hg])Oc2ccc(Cl)cc21)NC1CCCCCC1. The molecule has 12 heteroatoms. The van der Waals surface area contributed by atoms with E-state index in [9.17, 15) is 22.6 Å². The average Bonchev–Trinajstić information content (AvgIpc) is 2.98. The van der Waals surface area contributed by atoms with Gasteiger partial charge in [-0.25, -0.2) is 0 Å².